The van der Waals surface area contributed by atoms with Crippen LogP contribution in [-0.4, -0.2) is 81.1 Å². The van der Waals surface area contributed by atoms with Gasteiger partial charge in [-0.05, 0) is 11.0 Å². The third-order valence-electron chi connectivity index (χ3n) is 0. The van der Waals surface area contributed by atoms with Gasteiger partial charge in [0, 0.05) is 41.6 Å². The topological polar surface area (TPSA) is 321 Å². The molecule has 24 heavy (non-hydrogen) atoms. The van der Waals surface area contributed by atoms with Gasteiger partial charge in [0.2, 0.25) is 0 Å². The first kappa shape index (κ1) is 49.8. The van der Waals surface area contributed by atoms with Crippen LogP contribution < -0.4 is 0 Å². The van der Waals surface area contributed by atoms with E-state index in [2.05, 4.69) is 0 Å². The minimum atomic E-state index is -5.17. The zero-order valence-corrected chi connectivity index (χ0v) is 15.1. The van der Waals surface area contributed by atoms with Crippen LogP contribution in [0.5, 0.6) is 0 Å². The Bertz CT molecular complexity index is 491. The molecular formula is CH4NiO16PdS4Si. The maximum absolute atomic E-state index is 8.52. The molecule has 0 fully saturated rings. The molecule has 23 heteroatoms. The number of hydrogen-bond donors (Lipinski definition) is 0. The summed E-state index contributed by atoms with van der Waals surface area (Å²) in [6.45, 7) is 0. The normalized spacial score (nSPS) is 9.67. The van der Waals surface area contributed by atoms with E-state index < -0.39 is 41.6 Å². The summed E-state index contributed by atoms with van der Waals surface area (Å²) in [5, 5.41) is 0. The predicted molar refractivity (Wildman–Crippen MR) is 56.5 cm³/mol. The van der Waals surface area contributed by atoms with Crippen LogP contribution in [0.15, 0.2) is 0 Å². The van der Waals surface area contributed by atoms with Gasteiger partial charge in [-0.1, -0.05) is 0 Å². The molecule has 0 saturated carbocycles. The SMILES string of the molecule is O=S(=O)([O-])[O-].O=S(=O)([O-])[O-].O=S(=O)([O-])[O-].O=S(=O)([O-])[O-].[C+4].[Ni+2].[Pd+2].[SiH4]. The van der Waals surface area contributed by atoms with E-state index in [9.17, 15) is 0 Å². The molecule has 0 unspecified atom stereocenters. The van der Waals surface area contributed by atoms with Crippen molar-refractivity contribution in [3.63, 3.8) is 0 Å². The van der Waals surface area contributed by atoms with Gasteiger partial charge in [0.25, 0.3) is 0 Å². The van der Waals surface area contributed by atoms with Crippen LogP contribution in [-0.2, 0) is 78.5 Å². The van der Waals surface area contributed by atoms with Gasteiger partial charge in [0.15, 0.2) is 0 Å². The molecule has 0 saturated heterocycles. The Balaban J connectivity index is -0.0000000225. The standard InChI is InChI=1S/C.Ni.4H2O4S.Pd.H4Si/c;;4*1-5(2,3)4;;/h;;4*(H2,1,2,3,4);;1H4/q+4;+2;;;;;+2;/p-8. The quantitative estimate of drug-likeness (QED) is 0.143. The Morgan fingerprint density at radius 3 is 0.417 bits per heavy atom. The molecule has 0 aromatic carbocycles. The molecule has 0 N–H and O–H groups in total. The van der Waals surface area contributed by atoms with E-state index in [-0.39, 0.29) is 55.3 Å². The Labute approximate surface area is 166 Å². The summed E-state index contributed by atoms with van der Waals surface area (Å²) >= 11 is 0. The molecule has 0 amide bonds. The molecule has 0 aliphatic rings. The van der Waals surface area contributed by atoms with Crippen molar-refractivity contribution in [1.82, 2.24) is 0 Å². The zero-order valence-electron chi connectivity index (χ0n) is 9.30. The summed E-state index contributed by atoms with van der Waals surface area (Å²) in [7, 11) is -20.7. The van der Waals surface area contributed by atoms with Gasteiger partial charge in [-0.3, -0.25) is 33.7 Å². The number of hydrogen-bond acceptors (Lipinski definition) is 16. The smallest absolute Gasteiger partial charge is 0.759 e. The average molecular weight is 593 g/mol. The molecule has 0 heterocycles. The molecule has 16 nitrogen and oxygen atoms in total. The van der Waals surface area contributed by atoms with Gasteiger partial charge in [0.05, 0.1) is 0 Å². The van der Waals surface area contributed by atoms with Gasteiger partial charge in [-0.15, -0.1) is 0 Å². The minimum Gasteiger partial charge on any atom is -0.759 e. The van der Waals surface area contributed by atoms with Gasteiger partial charge < -0.3 is 36.4 Å². The molecular weight excluding hydrogens is 589 g/mol. The predicted octanol–water partition coefficient (Wildman–Crippen LogP) is -6.73. The van der Waals surface area contributed by atoms with Crippen LogP contribution in [0.4, 0.5) is 0 Å². The second-order valence-corrected chi connectivity index (χ2v) is 4.90. The summed E-state index contributed by atoms with van der Waals surface area (Å²) in [5.41, 5.74) is 0. The largest absolute Gasteiger partial charge is 4.00 e. The Kier molecular flexibility index (Phi) is 41.8. The van der Waals surface area contributed by atoms with E-state index in [1.54, 1.807) is 0 Å². The van der Waals surface area contributed by atoms with E-state index in [0.29, 0.717) is 0 Å². The fraction of sp³-hybridized carbons (Fsp3) is 0. The summed E-state index contributed by atoms with van der Waals surface area (Å²) in [5.74, 6) is 0. The Morgan fingerprint density at radius 1 is 0.417 bits per heavy atom. The molecule has 152 valence electrons. The van der Waals surface area contributed by atoms with Gasteiger partial charge in [0.1, 0.15) is 0 Å². The second kappa shape index (κ2) is 20.2. The fourth-order valence-electron chi connectivity index (χ4n) is 0. The summed E-state index contributed by atoms with van der Waals surface area (Å²) < 4.78 is 136. The molecule has 0 aromatic rings. The maximum Gasteiger partial charge on any atom is 4.00 e. The van der Waals surface area contributed by atoms with E-state index in [1.165, 1.54) is 0 Å². The van der Waals surface area contributed by atoms with Crippen LogP contribution in [0.3, 0.4) is 0 Å². The van der Waals surface area contributed by atoms with Crippen molar-refractivity contribution >= 4 is 52.6 Å². The molecule has 0 rings (SSSR count). The van der Waals surface area contributed by atoms with Crippen molar-refractivity contribution in [2.75, 3.05) is 0 Å². The van der Waals surface area contributed by atoms with Crippen molar-refractivity contribution in [3.05, 3.63) is 7.43 Å². The Hall–Kier alpha value is 0.853. The maximum atomic E-state index is 8.52. The van der Waals surface area contributed by atoms with Crippen molar-refractivity contribution in [1.29, 1.82) is 0 Å². The molecule has 0 atom stereocenters. The molecule has 0 radical (unpaired) electrons. The summed E-state index contributed by atoms with van der Waals surface area (Å²) in [6, 6.07) is 0. The van der Waals surface area contributed by atoms with Crippen LogP contribution in [0.25, 0.3) is 0 Å². The molecule has 0 spiro atoms. The Morgan fingerprint density at radius 2 is 0.417 bits per heavy atom. The first-order valence-corrected chi connectivity index (χ1v) is 8.00. The van der Waals surface area contributed by atoms with Crippen molar-refractivity contribution in [2.45, 2.75) is 0 Å². The van der Waals surface area contributed by atoms with E-state index in [4.69, 9.17) is 70.1 Å². The first-order valence-electron chi connectivity index (χ1n) is 2.67. The zero-order chi connectivity index (χ0) is 18.0. The third kappa shape index (κ3) is 15000. The van der Waals surface area contributed by atoms with Crippen LogP contribution in [0, 0.1) is 7.43 Å². The van der Waals surface area contributed by atoms with Gasteiger partial charge in [-0.25, -0.2) is 0 Å². The molecule has 0 aliphatic heterocycles. The first-order chi connectivity index (χ1) is 8.00. The summed E-state index contributed by atoms with van der Waals surface area (Å²) in [4.78, 5) is 0. The van der Waals surface area contributed by atoms with Crippen molar-refractivity contribution in [2.24, 2.45) is 0 Å². The minimum absolute atomic E-state index is 0. The molecule has 0 aromatic heterocycles. The average Bonchev–Trinajstić information content (AvgIpc) is 1.62. The molecule has 0 bridgehead atoms. The van der Waals surface area contributed by atoms with Crippen molar-refractivity contribution in [3.8, 4) is 0 Å². The van der Waals surface area contributed by atoms with Crippen LogP contribution >= 0.6 is 0 Å². The van der Waals surface area contributed by atoms with Crippen LogP contribution in [0.2, 0.25) is 0 Å². The van der Waals surface area contributed by atoms with E-state index in [0.717, 1.165) is 0 Å². The summed E-state index contributed by atoms with van der Waals surface area (Å²) in [6.07, 6.45) is 0. The fourth-order valence-corrected chi connectivity index (χ4v) is 0. The van der Waals surface area contributed by atoms with Crippen molar-refractivity contribution < 1.29 is 107 Å². The van der Waals surface area contributed by atoms with E-state index in [1.807, 2.05) is 0 Å². The van der Waals surface area contributed by atoms with Gasteiger partial charge in [-0.2, -0.15) is 0 Å². The second-order valence-electron chi connectivity index (χ2n) is 1.63. The third-order valence-corrected chi connectivity index (χ3v) is 0. The van der Waals surface area contributed by atoms with E-state index >= 15 is 0 Å². The van der Waals surface area contributed by atoms with Gasteiger partial charge >= 0.3 is 44.3 Å². The number of rotatable bonds is 0. The monoisotopic (exact) mass is 592 g/mol. The molecule has 0 aliphatic carbocycles. The van der Waals surface area contributed by atoms with Crippen LogP contribution in [0.1, 0.15) is 0 Å².